The molecular formula is C20H26ClIN4O. The van der Waals surface area contributed by atoms with Crippen molar-refractivity contribution in [2.45, 2.75) is 12.8 Å². The predicted octanol–water partition coefficient (Wildman–Crippen LogP) is 3.66. The summed E-state index contributed by atoms with van der Waals surface area (Å²) in [6.45, 7) is 3.98. The first-order valence-corrected chi connectivity index (χ1v) is 9.01. The maximum Gasteiger partial charge on any atom is 0.252 e. The number of guanidine groups is 1. The van der Waals surface area contributed by atoms with Gasteiger partial charge in [-0.15, -0.1) is 24.0 Å². The highest BCUT2D eigenvalue weighted by atomic mass is 127. The quantitative estimate of drug-likeness (QED) is 0.235. The molecule has 1 amide bonds. The van der Waals surface area contributed by atoms with E-state index in [9.17, 15) is 4.79 Å². The summed E-state index contributed by atoms with van der Waals surface area (Å²) < 4.78 is 0. The highest BCUT2D eigenvalue weighted by Gasteiger charge is 2.09. The van der Waals surface area contributed by atoms with Gasteiger partial charge in [0, 0.05) is 26.7 Å². The van der Waals surface area contributed by atoms with E-state index in [0.717, 1.165) is 6.54 Å². The molecule has 146 valence electrons. The van der Waals surface area contributed by atoms with Crippen LogP contribution in [0.15, 0.2) is 59.6 Å². The maximum atomic E-state index is 12.1. The molecule has 3 N–H and O–H groups in total. The molecule has 2 aromatic rings. The minimum Gasteiger partial charge on any atom is -0.356 e. The fourth-order valence-corrected chi connectivity index (χ4v) is 2.69. The van der Waals surface area contributed by atoms with E-state index in [2.05, 4.69) is 40.0 Å². The molecule has 2 rings (SSSR count). The lowest BCUT2D eigenvalue weighted by molar-refractivity contribution is 0.0954. The van der Waals surface area contributed by atoms with Gasteiger partial charge < -0.3 is 16.0 Å². The molecule has 0 saturated carbocycles. The van der Waals surface area contributed by atoms with E-state index in [0.29, 0.717) is 35.6 Å². The van der Waals surface area contributed by atoms with Crippen molar-refractivity contribution in [2.75, 3.05) is 26.7 Å². The summed E-state index contributed by atoms with van der Waals surface area (Å²) in [7, 11) is 1.73. The molecule has 1 atom stereocenters. The summed E-state index contributed by atoms with van der Waals surface area (Å²) in [5, 5.41) is 9.78. The predicted molar refractivity (Wildman–Crippen MR) is 123 cm³/mol. The Morgan fingerprint density at radius 2 is 1.63 bits per heavy atom. The average molecular weight is 501 g/mol. The van der Waals surface area contributed by atoms with Crippen LogP contribution < -0.4 is 16.0 Å². The van der Waals surface area contributed by atoms with Crippen molar-refractivity contribution in [3.05, 3.63) is 70.7 Å². The van der Waals surface area contributed by atoms with Gasteiger partial charge >= 0.3 is 0 Å². The van der Waals surface area contributed by atoms with Crippen LogP contribution in [-0.4, -0.2) is 38.5 Å². The molecule has 0 spiro atoms. The lowest BCUT2D eigenvalue weighted by atomic mass is 10.0. The van der Waals surface area contributed by atoms with Gasteiger partial charge in [-0.1, -0.05) is 61.0 Å². The number of benzene rings is 2. The van der Waals surface area contributed by atoms with Gasteiger partial charge in [0.05, 0.1) is 10.6 Å². The van der Waals surface area contributed by atoms with Crippen LogP contribution >= 0.6 is 35.6 Å². The standard InChI is InChI=1S/C20H25ClN4O.HI/c1-15(16-8-4-3-5-9-16)14-25-20(22-2)24-13-12-23-19(26)17-10-6-7-11-18(17)21;/h3-11,15H,12-14H2,1-2H3,(H,23,26)(H2,22,24,25);1H. The molecule has 2 aromatic carbocycles. The van der Waals surface area contributed by atoms with E-state index in [4.69, 9.17) is 11.6 Å². The molecule has 0 aliphatic heterocycles. The zero-order valence-electron chi connectivity index (χ0n) is 15.5. The summed E-state index contributed by atoms with van der Waals surface area (Å²) in [4.78, 5) is 16.3. The fraction of sp³-hybridized carbons (Fsp3) is 0.300. The molecule has 1 unspecified atom stereocenters. The third kappa shape index (κ3) is 7.76. The third-order valence-electron chi connectivity index (χ3n) is 3.99. The minimum atomic E-state index is -0.182. The highest BCUT2D eigenvalue weighted by molar-refractivity contribution is 14.0. The molecule has 0 heterocycles. The number of hydrogen-bond acceptors (Lipinski definition) is 2. The number of carbonyl (C=O) groups excluding carboxylic acids is 1. The van der Waals surface area contributed by atoms with Crippen molar-refractivity contribution in [3.63, 3.8) is 0 Å². The van der Waals surface area contributed by atoms with Crippen molar-refractivity contribution in [3.8, 4) is 0 Å². The molecule has 7 heteroatoms. The van der Waals surface area contributed by atoms with Crippen molar-refractivity contribution in [1.82, 2.24) is 16.0 Å². The Hall–Kier alpha value is -1.80. The Bertz CT molecular complexity index is 740. The second-order valence-corrected chi connectivity index (χ2v) is 6.33. The first-order chi connectivity index (χ1) is 12.6. The van der Waals surface area contributed by atoms with Gasteiger partial charge in [0.25, 0.3) is 5.91 Å². The average Bonchev–Trinajstić information content (AvgIpc) is 2.68. The van der Waals surface area contributed by atoms with Crippen LogP contribution in [0.2, 0.25) is 5.02 Å². The Labute approximate surface area is 183 Å². The Balaban J connectivity index is 0.00000364. The molecule has 0 fully saturated rings. The highest BCUT2D eigenvalue weighted by Crippen LogP contribution is 2.14. The van der Waals surface area contributed by atoms with Gasteiger partial charge in [0.2, 0.25) is 0 Å². The molecule has 0 bridgehead atoms. The Kier molecular flexibility index (Phi) is 10.8. The van der Waals surface area contributed by atoms with E-state index >= 15 is 0 Å². The number of halogens is 2. The number of aliphatic imine (C=N–C) groups is 1. The maximum absolute atomic E-state index is 12.1. The van der Waals surface area contributed by atoms with E-state index in [-0.39, 0.29) is 29.9 Å². The number of nitrogens with one attached hydrogen (secondary N) is 3. The summed E-state index contributed by atoms with van der Waals surface area (Å²) >= 11 is 6.02. The van der Waals surface area contributed by atoms with Crippen LogP contribution in [0.25, 0.3) is 0 Å². The van der Waals surface area contributed by atoms with Gasteiger partial charge in [0.1, 0.15) is 0 Å². The molecule has 5 nitrogen and oxygen atoms in total. The molecule has 27 heavy (non-hydrogen) atoms. The largest absolute Gasteiger partial charge is 0.356 e. The number of hydrogen-bond donors (Lipinski definition) is 3. The Morgan fingerprint density at radius 1 is 1.00 bits per heavy atom. The summed E-state index contributed by atoms with van der Waals surface area (Å²) in [5.74, 6) is 0.896. The monoisotopic (exact) mass is 500 g/mol. The van der Waals surface area contributed by atoms with Crippen molar-refractivity contribution >= 4 is 47.4 Å². The van der Waals surface area contributed by atoms with Gasteiger partial charge in [-0.3, -0.25) is 9.79 Å². The smallest absolute Gasteiger partial charge is 0.252 e. The summed E-state index contributed by atoms with van der Waals surface area (Å²) in [5.41, 5.74) is 1.76. The number of rotatable bonds is 7. The second kappa shape index (κ2) is 12.6. The molecule has 0 aliphatic carbocycles. The van der Waals surface area contributed by atoms with E-state index in [1.165, 1.54) is 5.56 Å². The SMILES string of the molecule is CN=C(NCCNC(=O)c1ccccc1Cl)NCC(C)c1ccccc1.I. The summed E-state index contributed by atoms with van der Waals surface area (Å²) in [6, 6.07) is 17.3. The van der Waals surface area contributed by atoms with Crippen LogP contribution in [0.3, 0.4) is 0 Å². The molecule has 0 saturated heterocycles. The first kappa shape index (κ1) is 23.2. The first-order valence-electron chi connectivity index (χ1n) is 8.64. The van der Waals surface area contributed by atoms with Crippen molar-refractivity contribution < 1.29 is 4.79 Å². The summed E-state index contributed by atoms with van der Waals surface area (Å²) in [6.07, 6.45) is 0. The second-order valence-electron chi connectivity index (χ2n) is 5.93. The van der Waals surface area contributed by atoms with E-state index in [1.54, 1.807) is 31.3 Å². The minimum absolute atomic E-state index is 0. The third-order valence-corrected chi connectivity index (χ3v) is 4.32. The topological polar surface area (TPSA) is 65.5 Å². The lowest BCUT2D eigenvalue weighted by Crippen LogP contribution is -2.42. The van der Waals surface area contributed by atoms with Crippen molar-refractivity contribution in [2.24, 2.45) is 4.99 Å². The molecule has 0 aromatic heterocycles. The van der Waals surface area contributed by atoms with Crippen molar-refractivity contribution in [1.29, 1.82) is 0 Å². The fourth-order valence-electron chi connectivity index (χ4n) is 2.47. The zero-order chi connectivity index (χ0) is 18.8. The lowest BCUT2D eigenvalue weighted by Gasteiger charge is -2.16. The normalized spacial score (nSPS) is 11.9. The van der Waals surface area contributed by atoms with Gasteiger partial charge in [-0.05, 0) is 23.6 Å². The van der Waals surface area contributed by atoms with Gasteiger partial charge in [-0.25, -0.2) is 0 Å². The molecule has 0 radical (unpaired) electrons. The number of amides is 1. The van der Waals surface area contributed by atoms with Gasteiger partial charge in [-0.2, -0.15) is 0 Å². The molecule has 0 aliphatic rings. The van der Waals surface area contributed by atoms with Crippen LogP contribution in [0.4, 0.5) is 0 Å². The van der Waals surface area contributed by atoms with Crippen LogP contribution in [0, 0.1) is 0 Å². The molecular weight excluding hydrogens is 475 g/mol. The van der Waals surface area contributed by atoms with E-state index in [1.807, 2.05) is 18.2 Å². The number of carbonyl (C=O) groups is 1. The van der Waals surface area contributed by atoms with Crippen LogP contribution in [0.1, 0.15) is 28.8 Å². The Morgan fingerprint density at radius 3 is 2.30 bits per heavy atom. The number of nitrogens with zero attached hydrogens (tertiary/aromatic N) is 1. The zero-order valence-corrected chi connectivity index (χ0v) is 18.6. The van der Waals surface area contributed by atoms with E-state index < -0.39 is 0 Å². The van der Waals surface area contributed by atoms with Gasteiger partial charge in [0.15, 0.2) is 5.96 Å². The van der Waals surface area contributed by atoms with Crippen LogP contribution in [-0.2, 0) is 0 Å². The van der Waals surface area contributed by atoms with Crippen LogP contribution in [0.5, 0.6) is 0 Å².